The first-order valence-electron chi connectivity index (χ1n) is 8.59. The van der Waals surface area contributed by atoms with Crippen LogP contribution in [0.2, 0.25) is 0 Å². The number of fused-ring (bicyclic) bond motifs is 1. The molecule has 4 atom stereocenters. The monoisotopic (exact) mass is 343 g/mol. The molecule has 6 heteroatoms. The third-order valence-electron chi connectivity index (χ3n) is 5.20. The van der Waals surface area contributed by atoms with Crippen molar-refractivity contribution < 1.29 is 23.8 Å². The van der Waals surface area contributed by atoms with Gasteiger partial charge in [0.2, 0.25) is 5.91 Å². The van der Waals surface area contributed by atoms with Crippen LogP contribution in [0.3, 0.4) is 0 Å². The molecule has 2 saturated heterocycles. The van der Waals surface area contributed by atoms with Crippen LogP contribution in [0, 0.1) is 11.8 Å². The number of hydrogen-bond acceptors (Lipinski definition) is 5. The molecule has 6 nitrogen and oxygen atoms in total. The lowest BCUT2D eigenvalue weighted by molar-refractivity contribution is -0.152. The summed E-state index contributed by atoms with van der Waals surface area (Å²) in [6, 6.07) is 7.37. The standard InChI is InChI=1S/C19H21NO5/c1-3-10-24-18(22)15-14-8-9-19(25-14)11-20(17(21)16(15)19)12-6-4-5-7-13(12)23-2/h4-9,14-16H,3,10-11H2,1-2H3/t14-,15+,16-,19+/m0/s1. The van der Waals surface area contributed by atoms with Crippen LogP contribution in [0.25, 0.3) is 0 Å². The lowest BCUT2D eigenvalue weighted by Gasteiger charge is -2.23. The van der Waals surface area contributed by atoms with Crippen molar-refractivity contribution in [1.29, 1.82) is 0 Å². The van der Waals surface area contributed by atoms with Crippen molar-refractivity contribution >= 4 is 17.6 Å². The van der Waals surface area contributed by atoms with E-state index in [1.165, 1.54) is 0 Å². The zero-order chi connectivity index (χ0) is 17.6. The smallest absolute Gasteiger partial charge is 0.312 e. The minimum atomic E-state index is -0.751. The predicted octanol–water partition coefficient (Wildman–Crippen LogP) is 1.93. The number of esters is 1. The summed E-state index contributed by atoms with van der Waals surface area (Å²) >= 11 is 0. The molecule has 0 radical (unpaired) electrons. The van der Waals surface area contributed by atoms with Gasteiger partial charge < -0.3 is 19.1 Å². The van der Waals surface area contributed by atoms with Crippen LogP contribution in [0.5, 0.6) is 5.75 Å². The first-order chi connectivity index (χ1) is 12.1. The molecular formula is C19H21NO5. The van der Waals surface area contributed by atoms with E-state index in [4.69, 9.17) is 14.2 Å². The van der Waals surface area contributed by atoms with E-state index in [0.29, 0.717) is 24.6 Å². The number of benzene rings is 1. The van der Waals surface area contributed by atoms with Crippen LogP contribution in [0.4, 0.5) is 5.69 Å². The fourth-order valence-electron chi connectivity index (χ4n) is 4.12. The number of hydrogen-bond donors (Lipinski definition) is 0. The fraction of sp³-hybridized carbons (Fsp3) is 0.474. The van der Waals surface area contributed by atoms with Gasteiger partial charge in [-0.25, -0.2) is 0 Å². The SMILES string of the molecule is CCCOC(=O)[C@@H]1[C@@H]2C=C[C@]3(CN(c4ccccc4OC)C(=O)[C@H]13)O2. The summed E-state index contributed by atoms with van der Waals surface area (Å²) in [4.78, 5) is 27.4. The molecule has 132 valence electrons. The first kappa shape index (κ1) is 16.1. The maximum atomic E-state index is 13.2. The molecule has 0 aliphatic carbocycles. The summed E-state index contributed by atoms with van der Waals surface area (Å²) in [7, 11) is 1.57. The number of ether oxygens (including phenoxy) is 3. The van der Waals surface area contributed by atoms with Crippen molar-refractivity contribution in [2.75, 3.05) is 25.2 Å². The Kier molecular flexibility index (Phi) is 3.80. The Balaban J connectivity index is 1.67. The summed E-state index contributed by atoms with van der Waals surface area (Å²) in [6.45, 7) is 2.67. The highest BCUT2D eigenvalue weighted by Crippen LogP contribution is 2.53. The van der Waals surface area contributed by atoms with E-state index in [-0.39, 0.29) is 18.0 Å². The minimum absolute atomic E-state index is 0.116. The maximum absolute atomic E-state index is 13.2. The molecule has 1 aromatic rings. The van der Waals surface area contributed by atoms with E-state index in [2.05, 4.69) is 0 Å². The second kappa shape index (κ2) is 5.88. The van der Waals surface area contributed by atoms with Crippen molar-refractivity contribution in [3.8, 4) is 5.75 Å². The van der Waals surface area contributed by atoms with Gasteiger partial charge in [0.15, 0.2) is 0 Å². The summed E-state index contributed by atoms with van der Waals surface area (Å²) in [5, 5.41) is 0. The van der Waals surface area contributed by atoms with Crippen molar-refractivity contribution in [3.05, 3.63) is 36.4 Å². The number of para-hydroxylation sites is 2. The van der Waals surface area contributed by atoms with Gasteiger partial charge in [-0.05, 0) is 18.6 Å². The molecule has 0 N–H and O–H groups in total. The second-order valence-corrected chi connectivity index (χ2v) is 6.66. The van der Waals surface area contributed by atoms with Crippen LogP contribution < -0.4 is 9.64 Å². The number of anilines is 1. The van der Waals surface area contributed by atoms with Crippen molar-refractivity contribution in [3.63, 3.8) is 0 Å². The summed E-state index contributed by atoms with van der Waals surface area (Å²) in [5.41, 5.74) is -0.0571. The molecule has 2 fully saturated rings. The van der Waals surface area contributed by atoms with Gasteiger partial charge in [-0.1, -0.05) is 31.2 Å². The van der Waals surface area contributed by atoms with Gasteiger partial charge in [0, 0.05) is 0 Å². The van der Waals surface area contributed by atoms with Gasteiger partial charge in [0.25, 0.3) is 0 Å². The van der Waals surface area contributed by atoms with Crippen LogP contribution in [-0.4, -0.2) is 43.8 Å². The van der Waals surface area contributed by atoms with Gasteiger partial charge in [0.05, 0.1) is 38.0 Å². The fourth-order valence-corrected chi connectivity index (χ4v) is 4.12. The van der Waals surface area contributed by atoms with E-state index < -0.39 is 17.4 Å². The highest BCUT2D eigenvalue weighted by atomic mass is 16.6. The molecule has 3 heterocycles. The second-order valence-electron chi connectivity index (χ2n) is 6.66. The third kappa shape index (κ3) is 2.28. The number of carbonyl (C=O) groups excluding carboxylic acids is 2. The maximum Gasteiger partial charge on any atom is 0.312 e. The molecule has 3 aliphatic heterocycles. The van der Waals surface area contributed by atoms with Crippen molar-refractivity contribution in [1.82, 2.24) is 0 Å². The zero-order valence-corrected chi connectivity index (χ0v) is 14.3. The normalized spacial score (nSPS) is 32.2. The Labute approximate surface area is 146 Å². The van der Waals surface area contributed by atoms with Crippen LogP contribution in [0.1, 0.15) is 13.3 Å². The van der Waals surface area contributed by atoms with Gasteiger partial charge in [0.1, 0.15) is 17.3 Å². The number of methoxy groups -OCH3 is 1. The molecule has 2 bridgehead atoms. The van der Waals surface area contributed by atoms with Crippen molar-refractivity contribution in [2.24, 2.45) is 11.8 Å². The Bertz CT molecular complexity index is 745. The molecular weight excluding hydrogens is 322 g/mol. The average Bonchev–Trinajstić information content (AvgIpc) is 3.28. The van der Waals surface area contributed by atoms with E-state index in [0.717, 1.165) is 6.42 Å². The quantitative estimate of drug-likeness (QED) is 0.604. The summed E-state index contributed by atoms with van der Waals surface area (Å²) in [5.74, 6) is -0.968. The van der Waals surface area contributed by atoms with Gasteiger partial charge in [-0.15, -0.1) is 0 Å². The van der Waals surface area contributed by atoms with Crippen LogP contribution >= 0.6 is 0 Å². The van der Waals surface area contributed by atoms with E-state index in [1.54, 1.807) is 12.0 Å². The topological polar surface area (TPSA) is 65.1 Å². The Morgan fingerprint density at radius 1 is 1.40 bits per heavy atom. The third-order valence-corrected chi connectivity index (χ3v) is 5.20. The number of carbonyl (C=O) groups is 2. The lowest BCUT2D eigenvalue weighted by atomic mass is 9.77. The molecule has 0 saturated carbocycles. The molecule has 1 amide bonds. The molecule has 4 rings (SSSR count). The highest BCUT2D eigenvalue weighted by Gasteiger charge is 2.67. The molecule has 3 aliphatic rings. The van der Waals surface area contributed by atoms with Gasteiger partial charge in [-0.2, -0.15) is 0 Å². The summed E-state index contributed by atoms with van der Waals surface area (Å²) in [6.07, 6.45) is 4.18. The Hall–Kier alpha value is -2.34. The van der Waals surface area contributed by atoms with E-state index in [9.17, 15) is 9.59 Å². The molecule has 0 aromatic heterocycles. The van der Waals surface area contributed by atoms with Crippen LogP contribution in [-0.2, 0) is 19.1 Å². The molecule has 1 aromatic carbocycles. The largest absolute Gasteiger partial charge is 0.495 e. The lowest BCUT2D eigenvalue weighted by Crippen LogP contribution is -2.40. The van der Waals surface area contributed by atoms with Gasteiger partial charge in [-0.3, -0.25) is 9.59 Å². The van der Waals surface area contributed by atoms with Crippen molar-refractivity contribution in [2.45, 2.75) is 25.0 Å². The molecule has 0 unspecified atom stereocenters. The zero-order valence-electron chi connectivity index (χ0n) is 14.3. The van der Waals surface area contributed by atoms with E-state index >= 15 is 0 Å². The molecule has 1 spiro atoms. The first-order valence-corrected chi connectivity index (χ1v) is 8.59. The Morgan fingerprint density at radius 3 is 2.96 bits per heavy atom. The Morgan fingerprint density at radius 2 is 2.20 bits per heavy atom. The number of amides is 1. The predicted molar refractivity (Wildman–Crippen MR) is 90.3 cm³/mol. The average molecular weight is 343 g/mol. The summed E-state index contributed by atoms with van der Waals surface area (Å²) < 4.78 is 16.8. The highest BCUT2D eigenvalue weighted by molar-refractivity contribution is 6.03. The molecule has 25 heavy (non-hydrogen) atoms. The van der Waals surface area contributed by atoms with E-state index in [1.807, 2.05) is 43.3 Å². The minimum Gasteiger partial charge on any atom is -0.495 e. The van der Waals surface area contributed by atoms with Crippen LogP contribution in [0.15, 0.2) is 36.4 Å². The number of rotatable bonds is 5. The van der Waals surface area contributed by atoms with Gasteiger partial charge >= 0.3 is 5.97 Å². The number of nitrogens with zero attached hydrogens (tertiary/aromatic N) is 1.